The van der Waals surface area contributed by atoms with Gasteiger partial charge in [0.05, 0.1) is 18.8 Å². The molecular weight excluding hydrogens is 676 g/mol. The fraction of sp³-hybridized carbons (Fsp3) is 0.930. The van der Waals surface area contributed by atoms with E-state index >= 15 is 0 Å². The highest BCUT2D eigenvalue weighted by molar-refractivity contribution is 5.95. The fourth-order valence-electron chi connectivity index (χ4n) is 6.98. The Morgan fingerprint density at radius 1 is 0.585 bits per heavy atom. The summed E-state index contributed by atoms with van der Waals surface area (Å²) in [5.41, 5.74) is 0. The Balaban J connectivity index is 2.00. The monoisotopic (exact) mass is 757 g/mol. The number of rotatable bonds is 42. The van der Waals surface area contributed by atoms with E-state index < -0.39 is 25.0 Å². The van der Waals surface area contributed by atoms with Crippen molar-refractivity contribution in [1.29, 1.82) is 0 Å². The standard InChI is InChI=1S/C43H80O10/c1-3-5-6-7-8-22-25-28-34-50-42(52-41(47)31-29-33-43(53-48)49-4-2)32-27-24-21-19-17-15-13-11-9-10-12-14-16-18-20-23-26-30-38-39(51-38)35-37(44)36-40(45)46/h38-39,42-43,48H,3-36H2,1-2H3,(H,45,46). The van der Waals surface area contributed by atoms with Crippen molar-refractivity contribution in [2.45, 2.75) is 244 Å². The van der Waals surface area contributed by atoms with Crippen LogP contribution >= 0.6 is 0 Å². The van der Waals surface area contributed by atoms with Gasteiger partial charge in [0.25, 0.3) is 0 Å². The molecule has 1 fully saturated rings. The van der Waals surface area contributed by atoms with E-state index in [1.54, 1.807) is 0 Å². The molecule has 1 rings (SSSR count). The molecule has 312 valence electrons. The van der Waals surface area contributed by atoms with Crippen LogP contribution in [0.1, 0.15) is 219 Å². The molecule has 0 amide bonds. The summed E-state index contributed by atoms with van der Waals surface area (Å²) in [5.74, 6) is -1.56. The molecule has 4 unspecified atom stereocenters. The quantitative estimate of drug-likeness (QED) is 0.0118. The first-order valence-corrected chi connectivity index (χ1v) is 22.0. The van der Waals surface area contributed by atoms with E-state index in [4.69, 9.17) is 29.3 Å². The third kappa shape index (κ3) is 32.4. The van der Waals surface area contributed by atoms with Crippen LogP contribution in [0.2, 0.25) is 0 Å². The van der Waals surface area contributed by atoms with Crippen LogP contribution in [0.15, 0.2) is 0 Å². The van der Waals surface area contributed by atoms with Gasteiger partial charge in [-0.05, 0) is 32.6 Å². The number of Topliss-reactive ketones (excluding diaryl/α,β-unsaturated/α-hetero) is 1. The zero-order valence-corrected chi connectivity index (χ0v) is 34.0. The van der Waals surface area contributed by atoms with Crippen LogP contribution in [0.25, 0.3) is 0 Å². The van der Waals surface area contributed by atoms with Crippen LogP contribution in [-0.2, 0) is 38.2 Å². The average molecular weight is 757 g/mol. The van der Waals surface area contributed by atoms with Gasteiger partial charge < -0.3 is 24.1 Å². The number of epoxide rings is 1. The molecule has 2 N–H and O–H groups in total. The van der Waals surface area contributed by atoms with Crippen molar-refractivity contribution in [2.24, 2.45) is 0 Å². The maximum atomic E-state index is 12.5. The van der Waals surface area contributed by atoms with E-state index in [2.05, 4.69) is 11.8 Å². The molecule has 1 saturated heterocycles. The lowest BCUT2D eigenvalue weighted by Crippen LogP contribution is -2.23. The maximum absolute atomic E-state index is 12.5. The second kappa shape index (κ2) is 36.1. The van der Waals surface area contributed by atoms with Gasteiger partial charge in [0, 0.05) is 32.3 Å². The van der Waals surface area contributed by atoms with Gasteiger partial charge in [0.15, 0.2) is 6.29 Å². The number of ketones is 1. The molecule has 0 aromatic rings. The smallest absolute Gasteiger partial charge is 0.310 e. The molecule has 0 saturated carbocycles. The van der Waals surface area contributed by atoms with E-state index in [1.165, 1.54) is 128 Å². The third-order valence-corrected chi connectivity index (χ3v) is 10.2. The predicted octanol–water partition coefficient (Wildman–Crippen LogP) is 11.6. The molecule has 1 aliphatic rings. The Morgan fingerprint density at radius 2 is 1.08 bits per heavy atom. The van der Waals surface area contributed by atoms with Gasteiger partial charge in [-0.1, -0.05) is 155 Å². The molecule has 0 radical (unpaired) electrons. The molecule has 53 heavy (non-hydrogen) atoms. The molecule has 0 spiro atoms. The Labute approximate surface area is 323 Å². The molecule has 1 heterocycles. The number of hydrogen-bond donors (Lipinski definition) is 2. The summed E-state index contributed by atoms with van der Waals surface area (Å²) < 4.78 is 22.6. The summed E-state index contributed by atoms with van der Waals surface area (Å²) in [6.45, 7) is 5.14. The SMILES string of the molecule is CCCCCCCCCCOC(CCCCCCCCCCCCCCCCCCCC1OC1CC(=O)CC(=O)O)OC(=O)CCCC(OO)OCC. The van der Waals surface area contributed by atoms with Gasteiger partial charge in [0.2, 0.25) is 6.29 Å². The van der Waals surface area contributed by atoms with E-state index in [0.29, 0.717) is 26.1 Å². The molecule has 4 atom stereocenters. The largest absolute Gasteiger partial charge is 0.481 e. The lowest BCUT2D eigenvalue weighted by atomic mass is 10.0. The van der Waals surface area contributed by atoms with E-state index in [9.17, 15) is 14.4 Å². The van der Waals surface area contributed by atoms with E-state index in [1.807, 2.05) is 6.92 Å². The minimum Gasteiger partial charge on any atom is -0.481 e. The highest BCUT2D eigenvalue weighted by Gasteiger charge is 2.39. The average Bonchev–Trinajstić information content (AvgIpc) is 3.87. The Morgan fingerprint density at radius 3 is 1.58 bits per heavy atom. The second-order valence-electron chi connectivity index (χ2n) is 15.3. The molecule has 0 bridgehead atoms. The van der Waals surface area contributed by atoms with Crippen molar-refractivity contribution in [3.8, 4) is 0 Å². The van der Waals surface area contributed by atoms with Crippen molar-refractivity contribution >= 4 is 17.7 Å². The molecule has 10 heteroatoms. The molecule has 0 aliphatic carbocycles. The van der Waals surface area contributed by atoms with Crippen LogP contribution in [0.3, 0.4) is 0 Å². The van der Waals surface area contributed by atoms with Crippen LogP contribution < -0.4 is 0 Å². The minimum absolute atomic E-state index is 0.0424. The summed E-state index contributed by atoms with van der Waals surface area (Å²) in [6.07, 6.45) is 33.1. The molecule has 10 nitrogen and oxygen atoms in total. The van der Waals surface area contributed by atoms with Crippen LogP contribution in [0, 0.1) is 0 Å². The number of carbonyl (C=O) groups is 3. The lowest BCUT2D eigenvalue weighted by Gasteiger charge is -2.19. The molecule has 0 aromatic heterocycles. The maximum Gasteiger partial charge on any atom is 0.310 e. The van der Waals surface area contributed by atoms with Crippen molar-refractivity contribution in [1.82, 2.24) is 0 Å². The van der Waals surface area contributed by atoms with Gasteiger partial charge in [-0.25, -0.2) is 10.1 Å². The molecule has 0 aromatic carbocycles. The van der Waals surface area contributed by atoms with Crippen LogP contribution in [-0.4, -0.2) is 66.1 Å². The second-order valence-corrected chi connectivity index (χ2v) is 15.3. The number of ether oxygens (including phenoxy) is 4. The van der Waals surface area contributed by atoms with Crippen molar-refractivity contribution in [3.63, 3.8) is 0 Å². The van der Waals surface area contributed by atoms with E-state index in [-0.39, 0.29) is 36.8 Å². The summed E-state index contributed by atoms with van der Waals surface area (Å²) in [5, 5.41) is 17.6. The first-order chi connectivity index (χ1) is 25.9. The number of esters is 1. The number of carboxylic acid groups (broad SMARTS) is 1. The van der Waals surface area contributed by atoms with Crippen molar-refractivity contribution in [2.75, 3.05) is 13.2 Å². The van der Waals surface area contributed by atoms with Crippen LogP contribution in [0.5, 0.6) is 0 Å². The lowest BCUT2D eigenvalue weighted by molar-refractivity contribution is -0.346. The fourth-order valence-corrected chi connectivity index (χ4v) is 6.98. The third-order valence-electron chi connectivity index (χ3n) is 10.2. The van der Waals surface area contributed by atoms with Gasteiger partial charge >= 0.3 is 11.9 Å². The van der Waals surface area contributed by atoms with E-state index in [0.717, 1.165) is 44.9 Å². The van der Waals surface area contributed by atoms with Crippen molar-refractivity contribution in [3.05, 3.63) is 0 Å². The van der Waals surface area contributed by atoms with Gasteiger partial charge in [-0.15, -0.1) is 0 Å². The number of hydrogen-bond acceptors (Lipinski definition) is 9. The number of unbranched alkanes of at least 4 members (excludes halogenated alkanes) is 23. The summed E-state index contributed by atoms with van der Waals surface area (Å²) in [6, 6.07) is 0. The minimum atomic E-state index is -1.06. The zero-order valence-electron chi connectivity index (χ0n) is 34.0. The predicted molar refractivity (Wildman–Crippen MR) is 210 cm³/mol. The number of carbonyl (C=O) groups excluding carboxylic acids is 2. The first kappa shape index (κ1) is 49.4. The van der Waals surface area contributed by atoms with Gasteiger partial charge in [-0.2, -0.15) is 0 Å². The normalized spacial score (nSPS) is 16.4. The Hall–Kier alpha value is -1.59. The van der Waals surface area contributed by atoms with Crippen molar-refractivity contribution < 1.29 is 48.6 Å². The number of aliphatic carboxylic acids is 1. The molecular formula is C43H80O10. The molecule has 1 aliphatic heterocycles. The Kier molecular flexibility index (Phi) is 33.6. The highest BCUT2D eigenvalue weighted by Crippen LogP contribution is 2.31. The summed E-state index contributed by atoms with van der Waals surface area (Å²) in [4.78, 5) is 39.0. The van der Waals surface area contributed by atoms with Gasteiger partial charge in [0.1, 0.15) is 12.2 Å². The highest BCUT2D eigenvalue weighted by atomic mass is 17.1. The topological polar surface area (TPSA) is 141 Å². The number of carboxylic acids is 1. The first-order valence-electron chi connectivity index (χ1n) is 22.0. The van der Waals surface area contributed by atoms with Gasteiger partial charge in [-0.3, -0.25) is 14.4 Å². The Bertz CT molecular complexity index is 868. The van der Waals surface area contributed by atoms with Crippen LogP contribution in [0.4, 0.5) is 0 Å². The summed E-state index contributed by atoms with van der Waals surface area (Å²) >= 11 is 0. The summed E-state index contributed by atoms with van der Waals surface area (Å²) in [7, 11) is 0. The zero-order chi connectivity index (χ0) is 38.6.